The quantitative estimate of drug-likeness (QED) is 0.208. The average molecular weight is 599 g/mol. The number of phenols is 1. The third kappa shape index (κ3) is 6.19. The number of benzene rings is 3. The summed E-state index contributed by atoms with van der Waals surface area (Å²) in [5.74, 6) is -1.61. The lowest BCUT2D eigenvalue weighted by atomic mass is 10.2. The molecule has 11 nitrogen and oxygen atoms in total. The first-order valence-corrected chi connectivity index (χ1v) is 15.0. The second-order valence-corrected chi connectivity index (χ2v) is 12.2. The van der Waals surface area contributed by atoms with Gasteiger partial charge in [-0.2, -0.15) is 5.10 Å². The van der Waals surface area contributed by atoms with Crippen LogP contribution in [0.1, 0.15) is 29.3 Å². The zero-order chi connectivity index (χ0) is 30.7. The molecule has 12 heteroatoms. The molecule has 0 saturated carbocycles. The molecule has 5 aromatic rings. The number of sulfone groups is 1. The van der Waals surface area contributed by atoms with Gasteiger partial charge in [0.05, 0.1) is 28.0 Å². The highest BCUT2D eigenvalue weighted by Gasteiger charge is 2.33. The Kier molecular flexibility index (Phi) is 8.13. The molecule has 0 aliphatic carbocycles. The molecule has 0 radical (unpaired) electrons. The zero-order valence-electron chi connectivity index (χ0n) is 23.7. The normalized spacial score (nSPS) is 12.1. The number of amides is 2. The number of carbonyl (C=O) groups excluding carboxylic acids is 2. The van der Waals surface area contributed by atoms with Crippen LogP contribution < -0.4 is 10.6 Å². The Labute approximate surface area is 248 Å². The third-order valence-electron chi connectivity index (χ3n) is 6.85. The van der Waals surface area contributed by atoms with Gasteiger partial charge in [-0.25, -0.2) is 8.42 Å². The van der Waals surface area contributed by atoms with Gasteiger partial charge in [-0.05, 0) is 43.2 Å². The molecule has 1 atom stereocenters. The number of hydrogen-bond donors (Lipinski definition) is 3. The number of aryl methyl sites for hydroxylation is 2. The molecule has 0 spiro atoms. The van der Waals surface area contributed by atoms with E-state index in [1.54, 1.807) is 56.1 Å². The number of carbonyl (C=O) groups is 2. The molecule has 0 aliphatic heterocycles. The van der Waals surface area contributed by atoms with Crippen LogP contribution in [0.15, 0.2) is 96.3 Å². The molecule has 1 unspecified atom stereocenters. The summed E-state index contributed by atoms with van der Waals surface area (Å²) in [5, 5.41) is 23.7. The van der Waals surface area contributed by atoms with Gasteiger partial charge in [0, 0.05) is 31.1 Å². The van der Waals surface area contributed by atoms with Gasteiger partial charge in [0.2, 0.25) is 5.91 Å². The van der Waals surface area contributed by atoms with Crippen LogP contribution in [-0.2, 0) is 21.7 Å². The van der Waals surface area contributed by atoms with Crippen molar-refractivity contribution in [2.45, 2.75) is 30.4 Å². The van der Waals surface area contributed by atoms with Crippen LogP contribution in [0.3, 0.4) is 0 Å². The Balaban J connectivity index is 1.53. The van der Waals surface area contributed by atoms with E-state index in [0.29, 0.717) is 11.3 Å². The minimum atomic E-state index is -4.04. The topological polar surface area (TPSA) is 148 Å². The van der Waals surface area contributed by atoms with Crippen molar-refractivity contribution in [3.63, 3.8) is 0 Å². The van der Waals surface area contributed by atoms with Crippen LogP contribution in [0, 0.1) is 6.92 Å². The predicted molar refractivity (Wildman–Crippen MR) is 163 cm³/mol. The number of nitrogens with zero attached hydrogens (tertiary/aromatic N) is 4. The SMILES string of the molecule is CCC(C(=O)Nc1cc(O)c(NC(=O)c2ccn(C)c2)cc1-n1ncc(-c2ccccc2)n1)S(=O)(=O)c1cccc(C)c1. The number of nitrogens with one attached hydrogen (secondary N) is 2. The van der Waals surface area contributed by atoms with Crippen LogP contribution in [-0.4, -0.2) is 50.1 Å². The van der Waals surface area contributed by atoms with Crippen molar-refractivity contribution < 1.29 is 23.1 Å². The summed E-state index contributed by atoms with van der Waals surface area (Å²) in [7, 11) is -2.26. The minimum absolute atomic E-state index is 0.00676. The summed E-state index contributed by atoms with van der Waals surface area (Å²) in [4.78, 5) is 27.7. The van der Waals surface area contributed by atoms with Crippen LogP contribution >= 0.6 is 0 Å². The summed E-state index contributed by atoms with van der Waals surface area (Å²) in [6.45, 7) is 3.38. The van der Waals surface area contributed by atoms with Crippen LogP contribution in [0.5, 0.6) is 5.75 Å². The molecule has 3 N–H and O–H groups in total. The van der Waals surface area contributed by atoms with Crippen LogP contribution in [0.25, 0.3) is 16.9 Å². The molecule has 3 aromatic carbocycles. The van der Waals surface area contributed by atoms with Gasteiger partial charge in [-0.1, -0.05) is 49.4 Å². The summed E-state index contributed by atoms with van der Waals surface area (Å²) in [6, 6.07) is 20.0. The number of aromatic nitrogens is 4. The van der Waals surface area contributed by atoms with E-state index in [4.69, 9.17) is 0 Å². The molecule has 5 rings (SSSR count). The summed E-state index contributed by atoms with van der Waals surface area (Å²) >= 11 is 0. The number of rotatable bonds is 9. The molecule has 0 aliphatic rings. The van der Waals surface area contributed by atoms with E-state index >= 15 is 0 Å². The average Bonchev–Trinajstić information content (AvgIpc) is 3.65. The predicted octanol–water partition coefficient (Wildman–Crippen LogP) is 4.73. The van der Waals surface area contributed by atoms with Gasteiger partial charge >= 0.3 is 0 Å². The van der Waals surface area contributed by atoms with Gasteiger partial charge in [-0.15, -0.1) is 9.90 Å². The molecule has 2 amide bonds. The van der Waals surface area contributed by atoms with E-state index in [1.165, 1.54) is 35.3 Å². The second-order valence-electron chi connectivity index (χ2n) is 10.0. The maximum Gasteiger partial charge on any atom is 0.257 e. The van der Waals surface area contributed by atoms with E-state index in [2.05, 4.69) is 20.8 Å². The van der Waals surface area contributed by atoms with Gasteiger partial charge in [-0.3, -0.25) is 9.59 Å². The van der Waals surface area contributed by atoms with E-state index in [1.807, 2.05) is 30.3 Å². The van der Waals surface area contributed by atoms with Crippen molar-refractivity contribution in [1.82, 2.24) is 19.6 Å². The van der Waals surface area contributed by atoms with Crippen molar-refractivity contribution in [3.05, 3.63) is 103 Å². The van der Waals surface area contributed by atoms with Crippen molar-refractivity contribution in [2.24, 2.45) is 7.05 Å². The van der Waals surface area contributed by atoms with Gasteiger partial charge in [0.25, 0.3) is 5.91 Å². The van der Waals surface area contributed by atoms with Crippen molar-refractivity contribution in [1.29, 1.82) is 0 Å². The van der Waals surface area contributed by atoms with Crippen molar-refractivity contribution in [3.8, 4) is 22.7 Å². The lowest BCUT2D eigenvalue weighted by molar-refractivity contribution is -0.115. The molecular weight excluding hydrogens is 568 g/mol. The summed E-state index contributed by atoms with van der Waals surface area (Å²) in [5.41, 5.74) is 2.74. The lowest BCUT2D eigenvalue weighted by Gasteiger charge is -2.19. The first-order valence-electron chi connectivity index (χ1n) is 13.5. The summed E-state index contributed by atoms with van der Waals surface area (Å²) in [6.07, 6.45) is 4.88. The Morgan fingerprint density at radius 1 is 0.977 bits per heavy atom. The number of hydrogen-bond acceptors (Lipinski definition) is 7. The molecule has 2 aromatic heterocycles. The fraction of sp³-hybridized carbons (Fsp3) is 0.161. The van der Waals surface area contributed by atoms with Gasteiger partial charge < -0.3 is 20.3 Å². The fourth-order valence-corrected chi connectivity index (χ4v) is 6.34. The maximum atomic E-state index is 13.5. The highest BCUT2D eigenvalue weighted by Crippen LogP contribution is 2.34. The van der Waals surface area contributed by atoms with Gasteiger partial charge in [0.15, 0.2) is 9.84 Å². The first kappa shape index (κ1) is 29.3. The first-order chi connectivity index (χ1) is 20.6. The van der Waals surface area contributed by atoms with Gasteiger partial charge in [0.1, 0.15) is 22.4 Å². The second kappa shape index (κ2) is 11.9. The van der Waals surface area contributed by atoms with Crippen LogP contribution in [0.2, 0.25) is 0 Å². The number of aromatic hydroxyl groups is 1. The molecule has 2 heterocycles. The molecule has 0 bridgehead atoms. The fourth-order valence-electron chi connectivity index (χ4n) is 4.61. The monoisotopic (exact) mass is 598 g/mol. The smallest absolute Gasteiger partial charge is 0.257 e. The Morgan fingerprint density at radius 2 is 1.74 bits per heavy atom. The van der Waals surface area contributed by atoms with E-state index < -0.39 is 26.9 Å². The number of anilines is 2. The van der Waals surface area contributed by atoms with E-state index in [-0.39, 0.29) is 34.1 Å². The maximum absolute atomic E-state index is 13.5. The molecule has 0 saturated heterocycles. The molecule has 43 heavy (non-hydrogen) atoms. The Bertz CT molecular complexity index is 1910. The number of phenolic OH excluding ortho intramolecular Hbond substituents is 1. The minimum Gasteiger partial charge on any atom is -0.506 e. The third-order valence-corrected chi connectivity index (χ3v) is 9.05. The summed E-state index contributed by atoms with van der Waals surface area (Å²) < 4.78 is 28.6. The zero-order valence-corrected chi connectivity index (χ0v) is 24.5. The highest BCUT2D eigenvalue weighted by molar-refractivity contribution is 7.92. The largest absolute Gasteiger partial charge is 0.506 e. The standard InChI is InChI=1S/C31H30N6O5S/c1-4-29(43(41,42)23-12-8-9-20(2)15-23)31(40)33-24-17-28(38)25(34-30(39)22-13-14-36(3)19-22)16-27(24)37-32-18-26(35-37)21-10-6-5-7-11-21/h5-19,29,38H,4H2,1-3H3,(H,33,40)(H,34,39). The highest BCUT2D eigenvalue weighted by atomic mass is 32.2. The van der Waals surface area contributed by atoms with Crippen molar-refractivity contribution in [2.75, 3.05) is 10.6 Å². The van der Waals surface area contributed by atoms with Crippen molar-refractivity contribution >= 4 is 33.0 Å². The van der Waals surface area contributed by atoms with Crippen LogP contribution in [0.4, 0.5) is 11.4 Å². The Morgan fingerprint density at radius 3 is 2.42 bits per heavy atom. The molecule has 220 valence electrons. The Hall–Kier alpha value is -5.23. The van der Waals surface area contributed by atoms with E-state index in [9.17, 15) is 23.1 Å². The lowest BCUT2D eigenvalue weighted by Crippen LogP contribution is -2.35. The molecule has 0 fully saturated rings. The molecular formula is C31H30N6O5S. The van der Waals surface area contributed by atoms with E-state index in [0.717, 1.165) is 11.1 Å².